The van der Waals surface area contributed by atoms with Crippen LogP contribution in [0.15, 0.2) is 47.4 Å². The fraction of sp³-hybridized carbons (Fsp3) is 0.435. The number of carbonyl (C=O) groups is 3. The van der Waals surface area contributed by atoms with Crippen LogP contribution >= 0.6 is 0 Å². The first-order valence-electron chi connectivity index (χ1n) is 11.2. The second-order valence-electron chi connectivity index (χ2n) is 8.67. The zero-order valence-electron chi connectivity index (χ0n) is 18.9. The summed E-state index contributed by atoms with van der Waals surface area (Å²) in [4.78, 5) is 45.1. The Morgan fingerprint density at radius 3 is 2.62 bits per heavy atom. The minimum Gasteiger partial charge on any atom is -0.355 e. The summed E-state index contributed by atoms with van der Waals surface area (Å²) in [6.07, 6.45) is 1.71. The van der Waals surface area contributed by atoms with Crippen molar-refractivity contribution in [1.82, 2.24) is 14.3 Å². The summed E-state index contributed by atoms with van der Waals surface area (Å²) in [5.74, 6) is -0.822. The first-order valence-corrected chi connectivity index (χ1v) is 12.7. The molecule has 0 saturated carbocycles. The molecule has 2 aromatic carbocycles. The predicted octanol–water partition coefficient (Wildman–Crippen LogP) is 0.858. The average Bonchev–Trinajstić information content (AvgIpc) is 3.21. The van der Waals surface area contributed by atoms with Gasteiger partial charge >= 0.3 is 6.47 Å². The normalized spacial score (nSPS) is 22.3. The largest absolute Gasteiger partial charge is 0.355 e. The lowest BCUT2D eigenvalue weighted by Gasteiger charge is -2.35. The van der Waals surface area contributed by atoms with E-state index in [1.54, 1.807) is 30.0 Å². The van der Waals surface area contributed by atoms with Crippen molar-refractivity contribution in [3.05, 3.63) is 42.5 Å². The molecule has 0 aliphatic carbocycles. The Balaban J connectivity index is 1.56. The van der Waals surface area contributed by atoms with E-state index in [1.165, 1.54) is 17.0 Å². The molecule has 2 aromatic rings. The topological polar surface area (TPSA) is 130 Å². The molecule has 2 heterocycles. The van der Waals surface area contributed by atoms with Crippen molar-refractivity contribution in [3.8, 4) is 0 Å². The highest BCUT2D eigenvalue weighted by atomic mass is 32.2. The fourth-order valence-electron chi connectivity index (χ4n) is 4.65. The molecule has 4 rings (SSSR count). The van der Waals surface area contributed by atoms with Gasteiger partial charge in [0.2, 0.25) is 11.8 Å². The molecule has 34 heavy (non-hydrogen) atoms. The molecule has 0 spiro atoms. The van der Waals surface area contributed by atoms with Crippen molar-refractivity contribution in [2.75, 3.05) is 19.6 Å². The molecule has 10 nitrogen and oxygen atoms in total. The number of nitrogens with two attached hydrogens (primary N) is 1. The number of rotatable bonds is 7. The van der Waals surface area contributed by atoms with Crippen molar-refractivity contribution >= 4 is 39.1 Å². The van der Waals surface area contributed by atoms with Gasteiger partial charge < -0.3 is 20.4 Å². The van der Waals surface area contributed by atoms with Crippen LogP contribution < -0.4 is 5.73 Å². The number of benzene rings is 2. The first kappa shape index (κ1) is 24.1. The highest BCUT2D eigenvalue weighted by molar-refractivity contribution is 7.89. The molecule has 0 radical (unpaired) electrons. The van der Waals surface area contributed by atoms with Gasteiger partial charge in [-0.3, -0.25) is 14.4 Å². The molecule has 11 heteroatoms. The Morgan fingerprint density at radius 2 is 1.91 bits per heavy atom. The Labute approximate surface area is 198 Å². The molecular formula is C23H28N4O6S. The summed E-state index contributed by atoms with van der Waals surface area (Å²) >= 11 is 0. The number of piperidine rings is 1. The molecular weight excluding hydrogens is 460 g/mol. The van der Waals surface area contributed by atoms with Crippen molar-refractivity contribution in [3.63, 3.8) is 0 Å². The van der Waals surface area contributed by atoms with Gasteiger partial charge in [-0.25, -0.2) is 8.42 Å². The van der Waals surface area contributed by atoms with Gasteiger partial charge in [-0.15, -0.1) is 0 Å². The van der Waals surface area contributed by atoms with Crippen LogP contribution in [-0.2, 0) is 29.2 Å². The average molecular weight is 489 g/mol. The molecule has 2 saturated heterocycles. The van der Waals surface area contributed by atoms with Crippen LogP contribution in [0, 0.1) is 0 Å². The lowest BCUT2D eigenvalue weighted by atomic mass is 10.1. The summed E-state index contributed by atoms with van der Waals surface area (Å²) in [5, 5.41) is 1.53. The molecule has 2 amide bonds. The Bertz CT molecular complexity index is 1200. The van der Waals surface area contributed by atoms with Crippen molar-refractivity contribution in [2.24, 2.45) is 5.73 Å². The van der Waals surface area contributed by atoms with Crippen LogP contribution in [-0.4, -0.2) is 78.7 Å². The quantitative estimate of drug-likeness (QED) is 0.452. The Morgan fingerprint density at radius 1 is 1.18 bits per heavy atom. The van der Waals surface area contributed by atoms with E-state index in [-0.39, 0.29) is 36.3 Å². The molecule has 3 atom stereocenters. The van der Waals surface area contributed by atoms with Gasteiger partial charge in [0.25, 0.3) is 10.0 Å². The van der Waals surface area contributed by atoms with Crippen molar-refractivity contribution < 1.29 is 27.6 Å². The van der Waals surface area contributed by atoms with Gasteiger partial charge in [-0.1, -0.05) is 30.3 Å². The first-order chi connectivity index (χ1) is 16.2. The van der Waals surface area contributed by atoms with E-state index in [4.69, 9.17) is 10.6 Å². The number of amides is 2. The minimum absolute atomic E-state index is 0.0156. The number of sulfonamides is 1. The van der Waals surface area contributed by atoms with Gasteiger partial charge in [0, 0.05) is 25.7 Å². The van der Waals surface area contributed by atoms with E-state index in [1.807, 2.05) is 12.1 Å². The minimum atomic E-state index is -4.35. The summed E-state index contributed by atoms with van der Waals surface area (Å²) < 4.78 is 27.2. The number of likely N-dealkylation sites (tertiary alicyclic amines) is 2. The number of carbonyl (C=O) groups excluding carboxylic acids is 3. The summed E-state index contributed by atoms with van der Waals surface area (Å²) in [7, 11) is -4.35. The third-order valence-electron chi connectivity index (χ3n) is 6.46. The van der Waals surface area contributed by atoms with E-state index >= 15 is 0 Å². The number of hydrogen-bond acceptors (Lipinski definition) is 7. The van der Waals surface area contributed by atoms with Gasteiger partial charge in [-0.2, -0.15) is 0 Å². The Hall–Kier alpha value is -3.02. The van der Waals surface area contributed by atoms with Gasteiger partial charge in [0.15, 0.2) is 0 Å². The van der Waals surface area contributed by atoms with Gasteiger partial charge in [0.05, 0.1) is 4.90 Å². The monoisotopic (exact) mass is 488 g/mol. The summed E-state index contributed by atoms with van der Waals surface area (Å²) in [6, 6.07) is 9.60. The van der Waals surface area contributed by atoms with Crippen LogP contribution in [0.2, 0.25) is 0 Å². The third-order valence-corrected chi connectivity index (χ3v) is 8.13. The van der Waals surface area contributed by atoms with Crippen LogP contribution in [0.3, 0.4) is 0 Å². The number of nitrogens with zero attached hydrogens (tertiary/aromatic N) is 3. The van der Waals surface area contributed by atoms with Crippen LogP contribution in [0.25, 0.3) is 10.8 Å². The lowest BCUT2D eigenvalue weighted by molar-refractivity contribution is -0.163. The second-order valence-corrected chi connectivity index (χ2v) is 10.5. The van der Waals surface area contributed by atoms with Crippen LogP contribution in [0.1, 0.15) is 26.2 Å². The molecule has 2 aliphatic rings. The van der Waals surface area contributed by atoms with Gasteiger partial charge in [-0.05, 0) is 53.6 Å². The molecule has 182 valence electrons. The smallest absolute Gasteiger partial charge is 0.314 e. The molecule has 2 fully saturated rings. The maximum Gasteiger partial charge on any atom is 0.314 e. The zero-order chi connectivity index (χ0) is 24.5. The molecule has 0 aromatic heterocycles. The number of hydroxylamine groups is 1. The van der Waals surface area contributed by atoms with E-state index in [2.05, 4.69) is 0 Å². The molecule has 0 bridgehead atoms. The maximum absolute atomic E-state index is 13.4. The third kappa shape index (κ3) is 4.50. The number of fused-ring (bicyclic) bond motifs is 1. The van der Waals surface area contributed by atoms with Crippen molar-refractivity contribution in [1.29, 1.82) is 0 Å². The van der Waals surface area contributed by atoms with Crippen LogP contribution in [0.4, 0.5) is 0 Å². The summed E-state index contributed by atoms with van der Waals surface area (Å²) in [6.45, 7) is 2.75. The van der Waals surface area contributed by atoms with E-state index in [9.17, 15) is 22.8 Å². The van der Waals surface area contributed by atoms with E-state index in [0.29, 0.717) is 22.9 Å². The molecule has 2 aliphatic heterocycles. The maximum atomic E-state index is 13.4. The highest BCUT2D eigenvalue weighted by Gasteiger charge is 2.46. The Kier molecular flexibility index (Phi) is 6.87. The number of hydrogen-bond donors (Lipinski definition) is 1. The van der Waals surface area contributed by atoms with Gasteiger partial charge in [0.1, 0.15) is 12.1 Å². The van der Waals surface area contributed by atoms with Crippen LogP contribution in [0.5, 0.6) is 0 Å². The zero-order valence-corrected chi connectivity index (χ0v) is 19.7. The SMILES string of the molecule is C[C@@H](C(=O)N1CCCC(N)C1)N1CCC(N(OC=O)S(=O)(=O)c2ccc3ccccc3c2)C1=O. The molecule has 2 N–H and O–H groups in total. The predicted molar refractivity (Wildman–Crippen MR) is 123 cm³/mol. The van der Waals surface area contributed by atoms with Crippen molar-refractivity contribution in [2.45, 2.75) is 49.2 Å². The van der Waals surface area contributed by atoms with E-state index in [0.717, 1.165) is 18.2 Å². The van der Waals surface area contributed by atoms with E-state index < -0.39 is 28.0 Å². The fourth-order valence-corrected chi connectivity index (χ4v) is 6.05. The second kappa shape index (κ2) is 9.69. The lowest BCUT2D eigenvalue weighted by Crippen LogP contribution is -2.54. The standard InChI is InChI=1S/C23H28N4O6S/c1-16(22(29)25-11-4-7-19(24)14-25)26-12-10-21(23(26)30)27(33-15-28)34(31,32)20-9-8-17-5-2-3-6-18(17)13-20/h2-3,5-6,8-9,13,15-16,19,21H,4,7,10-12,14,24H2,1H3/t16-,19?,21?/m0/s1. The summed E-state index contributed by atoms with van der Waals surface area (Å²) in [5.41, 5.74) is 5.98. The molecule has 2 unspecified atom stereocenters. The highest BCUT2D eigenvalue weighted by Crippen LogP contribution is 2.28.